The molecule has 0 bridgehead atoms. The van der Waals surface area contributed by atoms with Gasteiger partial charge in [0.15, 0.2) is 0 Å². The summed E-state index contributed by atoms with van der Waals surface area (Å²) in [7, 11) is 3.27. The summed E-state index contributed by atoms with van der Waals surface area (Å²) in [6, 6.07) is 25.6. The molecule has 1 atom stereocenters. The van der Waals surface area contributed by atoms with Crippen molar-refractivity contribution in [3.05, 3.63) is 95.6 Å². The summed E-state index contributed by atoms with van der Waals surface area (Å²) in [4.78, 5) is 11.6. The Kier molecular flexibility index (Phi) is 9.73. The molecule has 0 saturated carbocycles. The van der Waals surface area contributed by atoms with Gasteiger partial charge in [0.25, 0.3) is 0 Å². The van der Waals surface area contributed by atoms with Crippen LogP contribution in [-0.4, -0.2) is 46.6 Å². The summed E-state index contributed by atoms with van der Waals surface area (Å²) in [6.45, 7) is 4.05. The predicted molar refractivity (Wildman–Crippen MR) is 143 cm³/mol. The number of esters is 1. The highest BCUT2D eigenvalue weighted by atomic mass is 16.5. The van der Waals surface area contributed by atoms with E-state index in [0.29, 0.717) is 0 Å². The third kappa shape index (κ3) is 6.91. The average Bonchev–Trinajstić information content (AvgIpc) is 2.94. The number of benzene rings is 3. The van der Waals surface area contributed by atoms with Crippen LogP contribution in [0.25, 0.3) is 0 Å². The number of ether oxygens (including phenoxy) is 5. The van der Waals surface area contributed by atoms with Crippen molar-refractivity contribution < 1.29 is 28.5 Å². The van der Waals surface area contributed by atoms with E-state index >= 15 is 0 Å². The first kappa shape index (κ1) is 27.8. The molecule has 3 aromatic rings. The lowest BCUT2D eigenvalue weighted by atomic mass is 9.79. The minimum absolute atomic E-state index is 0.114. The zero-order valence-electron chi connectivity index (χ0n) is 21.9. The number of methoxy groups -OCH3 is 2. The Morgan fingerprint density at radius 2 is 1.30 bits per heavy atom. The van der Waals surface area contributed by atoms with E-state index in [4.69, 9.17) is 30.1 Å². The molecule has 0 aliphatic carbocycles. The van der Waals surface area contributed by atoms with Gasteiger partial charge >= 0.3 is 5.97 Å². The molecule has 0 fully saturated rings. The SMILES string of the molecule is C#CCOCC(C)(COC(C)=O)COC(c1ccccc1)(c1ccc(OC)cc1)c1ccc(OC)cc1. The van der Waals surface area contributed by atoms with Gasteiger partial charge in [0.2, 0.25) is 0 Å². The highest BCUT2D eigenvalue weighted by molar-refractivity contribution is 5.65. The molecule has 0 radical (unpaired) electrons. The molecule has 0 saturated heterocycles. The Hall–Kier alpha value is -3.79. The van der Waals surface area contributed by atoms with E-state index in [0.717, 1.165) is 28.2 Å². The van der Waals surface area contributed by atoms with Crippen LogP contribution >= 0.6 is 0 Å². The number of carbonyl (C=O) groups excluding carboxylic acids is 1. The first-order valence-electron chi connectivity index (χ1n) is 12.0. The topological polar surface area (TPSA) is 63.2 Å². The minimum atomic E-state index is -0.997. The van der Waals surface area contributed by atoms with Gasteiger partial charge in [-0.15, -0.1) is 6.42 Å². The van der Waals surface area contributed by atoms with Gasteiger partial charge in [-0.2, -0.15) is 0 Å². The molecule has 0 aromatic heterocycles. The summed E-state index contributed by atoms with van der Waals surface area (Å²) in [5.74, 6) is 3.59. The van der Waals surface area contributed by atoms with Crippen molar-refractivity contribution >= 4 is 5.97 Å². The van der Waals surface area contributed by atoms with Crippen LogP contribution in [0.5, 0.6) is 11.5 Å². The average molecular weight is 503 g/mol. The predicted octanol–water partition coefficient (Wildman–Crippen LogP) is 5.23. The number of hydrogen-bond acceptors (Lipinski definition) is 6. The Bertz CT molecular complexity index is 1120. The van der Waals surface area contributed by atoms with E-state index in [1.54, 1.807) is 14.2 Å². The van der Waals surface area contributed by atoms with Gasteiger partial charge in [-0.3, -0.25) is 4.79 Å². The van der Waals surface area contributed by atoms with Crippen LogP contribution in [-0.2, 0) is 24.6 Å². The molecule has 3 aromatic carbocycles. The van der Waals surface area contributed by atoms with E-state index < -0.39 is 11.0 Å². The molecular formula is C31H34O6. The van der Waals surface area contributed by atoms with Gasteiger partial charge in [0.05, 0.1) is 27.4 Å². The summed E-state index contributed by atoms with van der Waals surface area (Å²) in [6.07, 6.45) is 5.39. The summed E-state index contributed by atoms with van der Waals surface area (Å²) in [5, 5.41) is 0. The van der Waals surface area contributed by atoms with Crippen molar-refractivity contribution in [2.45, 2.75) is 19.4 Å². The molecule has 0 spiro atoms. The van der Waals surface area contributed by atoms with Crippen LogP contribution in [0.15, 0.2) is 78.9 Å². The van der Waals surface area contributed by atoms with Gasteiger partial charge in [0.1, 0.15) is 30.3 Å². The minimum Gasteiger partial charge on any atom is -0.497 e. The molecule has 3 rings (SSSR count). The molecule has 1 unspecified atom stereocenters. The third-order valence-electron chi connectivity index (χ3n) is 6.07. The van der Waals surface area contributed by atoms with Crippen molar-refractivity contribution in [3.8, 4) is 23.8 Å². The molecule has 0 aliphatic heterocycles. The van der Waals surface area contributed by atoms with Gasteiger partial charge in [-0.25, -0.2) is 0 Å². The van der Waals surface area contributed by atoms with Crippen molar-refractivity contribution in [1.82, 2.24) is 0 Å². The monoisotopic (exact) mass is 502 g/mol. The molecule has 0 heterocycles. The first-order valence-corrected chi connectivity index (χ1v) is 12.0. The normalized spacial score (nSPS) is 12.7. The lowest BCUT2D eigenvalue weighted by Crippen LogP contribution is -2.41. The van der Waals surface area contributed by atoms with E-state index in [1.165, 1.54) is 6.92 Å². The lowest BCUT2D eigenvalue weighted by Gasteiger charge is -2.39. The van der Waals surface area contributed by atoms with Gasteiger partial charge in [0, 0.05) is 12.3 Å². The first-order chi connectivity index (χ1) is 17.9. The van der Waals surface area contributed by atoms with Gasteiger partial charge < -0.3 is 23.7 Å². The Labute approximate surface area is 219 Å². The Morgan fingerprint density at radius 1 is 0.784 bits per heavy atom. The van der Waals surface area contributed by atoms with Crippen LogP contribution in [0, 0.1) is 17.8 Å². The fourth-order valence-electron chi connectivity index (χ4n) is 4.11. The van der Waals surface area contributed by atoms with Crippen LogP contribution < -0.4 is 9.47 Å². The summed E-state index contributed by atoms with van der Waals surface area (Å²) in [5.41, 5.74) is 1.09. The lowest BCUT2D eigenvalue weighted by molar-refractivity contribution is -0.149. The molecule has 194 valence electrons. The quantitative estimate of drug-likeness (QED) is 0.138. The number of hydrogen-bond donors (Lipinski definition) is 0. The zero-order valence-corrected chi connectivity index (χ0v) is 21.9. The maximum Gasteiger partial charge on any atom is 0.302 e. The molecule has 37 heavy (non-hydrogen) atoms. The Morgan fingerprint density at radius 3 is 1.76 bits per heavy atom. The molecule has 0 aliphatic rings. The molecule has 0 amide bonds. The van der Waals surface area contributed by atoms with Crippen LogP contribution in [0.4, 0.5) is 0 Å². The largest absolute Gasteiger partial charge is 0.497 e. The second kappa shape index (κ2) is 13.0. The van der Waals surface area contributed by atoms with Crippen LogP contribution in [0.2, 0.25) is 0 Å². The smallest absolute Gasteiger partial charge is 0.302 e. The highest BCUT2D eigenvalue weighted by Gasteiger charge is 2.40. The Balaban J connectivity index is 2.14. The summed E-state index contributed by atoms with van der Waals surface area (Å²) < 4.78 is 28.9. The maximum absolute atomic E-state index is 11.6. The molecular weight excluding hydrogens is 468 g/mol. The van der Waals surface area contributed by atoms with Crippen molar-refractivity contribution in [3.63, 3.8) is 0 Å². The van der Waals surface area contributed by atoms with Crippen molar-refractivity contribution in [1.29, 1.82) is 0 Å². The second-order valence-corrected chi connectivity index (χ2v) is 9.08. The fourth-order valence-corrected chi connectivity index (χ4v) is 4.11. The fraction of sp³-hybridized carbons (Fsp3) is 0.323. The van der Waals surface area contributed by atoms with Crippen LogP contribution in [0.3, 0.4) is 0 Å². The maximum atomic E-state index is 11.6. The number of carbonyl (C=O) groups is 1. The third-order valence-corrected chi connectivity index (χ3v) is 6.07. The number of rotatable bonds is 13. The molecule has 6 nitrogen and oxygen atoms in total. The van der Waals surface area contributed by atoms with Gasteiger partial charge in [-0.1, -0.05) is 67.4 Å². The highest BCUT2D eigenvalue weighted by Crippen LogP contribution is 2.42. The van der Waals surface area contributed by atoms with Gasteiger partial charge in [-0.05, 0) is 41.0 Å². The standard InChI is InChI=1S/C31H34O6/c1-6-20-35-21-30(3,22-36-24(2)32)23-37-31(25-10-8-7-9-11-25,26-12-16-28(33-4)17-13-26)27-14-18-29(34-5)19-15-27/h1,7-19H,20-23H2,2-5H3. The van der Waals surface area contributed by atoms with E-state index in [1.807, 2.05) is 85.8 Å². The van der Waals surface area contributed by atoms with E-state index in [2.05, 4.69) is 5.92 Å². The van der Waals surface area contributed by atoms with Crippen molar-refractivity contribution in [2.75, 3.05) is 40.6 Å². The van der Waals surface area contributed by atoms with Crippen molar-refractivity contribution in [2.24, 2.45) is 5.41 Å². The summed E-state index contributed by atoms with van der Waals surface area (Å²) >= 11 is 0. The van der Waals surface area contributed by atoms with Crippen LogP contribution in [0.1, 0.15) is 30.5 Å². The second-order valence-electron chi connectivity index (χ2n) is 9.08. The van der Waals surface area contributed by atoms with E-state index in [-0.39, 0.29) is 32.4 Å². The molecule has 0 N–H and O–H groups in total. The number of terminal acetylenes is 1. The zero-order chi connectivity index (χ0) is 26.7. The molecule has 6 heteroatoms. The van der Waals surface area contributed by atoms with E-state index in [9.17, 15) is 4.79 Å².